The molecule has 1 saturated heterocycles. The van der Waals surface area contributed by atoms with Gasteiger partial charge in [0.15, 0.2) is 0 Å². The summed E-state index contributed by atoms with van der Waals surface area (Å²) in [6, 6.07) is 16.6. The molecule has 6 heteroatoms. The highest BCUT2D eigenvalue weighted by atomic mass is 16.5. The normalized spacial score (nSPS) is 15.4. The Morgan fingerprint density at radius 3 is 2.54 bits per heavy atom. The van der Waals surface area contributed by atoms with Crippen molar-refractivity contribution in [3.63, 3.8) is 0 Å². The zero-order chi connectivity index (χ0) is 18.9. The van der Waals surface area contributed by atoms with Crippen LogP contribution < -0.4 is 5.73 Å². The fourth-order valence-corrected chi connectivity index (χ4v) is 3.90. The number of rotatable bonds is 4. The number of nitrogens with two attached hydrogens (primary N) is 1. The molecule has 0 spiro atoms. The molecule has 142 valence electrons. The molecule has 4 aromatic rings. The molecule has 0 amide bonds. The zero-order valence-corrected chi connectivity index (χ0v) is 15.7. The van der Waals surface area contributed by atoms with E-state index in [-0.39, 0.29) is 0 Å². The molecule has 2 N–H and O–H groups in total. The molecule has 1 aliphatic rings. The highest BCUT2D eigenvalue weighted by Gasteiger charge is 2.15. The van der Waals surface area contributed by atoms with Gasteiger partial charge >= 0.3 is 0 Å². The number of hydrogen-bond donors (Lipinski definition) is 1. The van der Waals surface area contributed by atoms with Gasteiger partial charge in [-0.25, -0.2) is 9.97 Å². The van der Waals surface area contributed by atoms with Gasteiger partial charge in [0.2, 0.25) is 5.95 Å². The largest absolute Gasteiger partial charge is 0.379 e. The van der Waals surface area contributed by atoms with Gasteiger partial charge in [-0.15, -0.1) is 0 Å². The standard InChI is InChI=1S/C22H23N5O/c23-22-25-20-8-4-3-7-19(20)21-24-18(15-27(21)22)13-16-5-1-2-6-17(16)14-26-9-11-28-12-10-26/h1-8,15H,9-14H2,(H2,23,25). The van der Waals surface area contributed by atoms with E-state index in [4.69, 9.17) is 15.5 Å². The van der Waals surface area contributed by atoms with Gasteiger partial charge in [0.1, 0.15) is 5.65 Å². The lowest BCUT2D eigenvalue weighted by Gasteiger charge is -2.27. The van der Waals surface area contributed by atoms with Crippen molar-refractivity contribution in [2.24, 2.45) is 0 Å². The lowest BCUT2D eigenvalue weighted by molar-refractivity contribution is 0.0341. The number of hydrogen-bond acceptors (Lipinski definition) is 5. The van der Waals surface area contributed by atoms with E-state index in [9.17, 15) is 0 Å². The summed E-state index contributed by atoms with van der Waals surface area (Å²) in [5.74, 6) is 0.467. The van der Waals surface area contributed by atoms with Crippen molar-refractivity contribution in [1.29, 1.82) is 0 Å². The van der Waals surface area contributed by atoms with Crippen LogP contribution in [0.15, 0.2) is 54.7 Å². The third-order valence-electron chi connectivity index (χ3n) is 5.37. The summed E-state index contributed by atoms with van der Waals surface area (Å²) in [7, 11) is 0. The average Bonchev–Trinajstić information content (AvgIpc) is 3.15. The molecule has 0 atom stereocenters. The van der Waals surface area contributed by atoms with Gasteiger partial charge < -0.3 is 10.5 Å². The molecule has 0 unspecified atom stereocenters. The van der Waals surface area contributed by atoms with Crippen molar-refractivity contribution in [1.82, 2.24) is 19.3 Å². The first-order chi connectivity index (χ1) is 13.8. The number of fused-ring (bicyclic) bond motifs is 3. The highest BCUT2D eigenvalue weighted by molar-refractivity contribution is 5.92. The van der Waals surface area contributed by atoms with Crippen LogP contribution in [0.5, 0.6) is 0 Å². The molecule has 0 bridgehead atoms. The third-order valence-corrected chi connectivity index (χ3v) is 5.37. The van der Waals surface area contributed by atoms with Crippen LogP contribution in [0.25, 0.3) is 16.6 Å². The summed E-state index contributed by atoms with van der Waals surface area (Å²) in [4.78, 5) is 11.8. The van der Waals surface area contributed by atoms with Gasteiger partial charge in [0.25, 0.3) is 0 Å². The van der Waals surface area contributed by atoms with Crippen molar-refractivity contribution in [2.45, 2.75) is 13.0 Å². The predicted molar refractivity (Wildman–Crippen MR) is 110 cm³/mol. The van der Waals surface area contributed by atoms with Crippen LogP contribution in [0.2, 0.25) is 0 Å². The topological polar surface area (TPSA) is 68.7 Å². The molecule has 28 heavy (non-hydrogen) atoms. The van der Waals surface area contributed by atoms with E-state index in [1.165, 1.54) is 11.1 Å². The second-order valence-electron chi connectivity index (χ2n) is 7.25. The molecule has 3 heterocycles. The number of para-hydroxylation sites is 1. The van der Waals surface area contributed by atoms with Gasteiger partial charge in [-0.3, -0.25) is 9.30 Å². The lowest BCUT2D eigenvalue weighted by Crippen LogP contribution is -2.35. The van der Waals surface area contributed by atoms with E-state index in [1.807, 2.05) is 34.9 Å². The van der Waals surface area contributed by atoms with Gasteiger partial charge in [-0.05, 0) is 23.3 Å². The molecule has 6 nitrogen and oxygen atoms in total. The van der Waals surface area contributed by atoms with Gasteiger partial charge in [-0.1, -0.05) is 36.4 Å². The van der Waals surface area contributed by atoms with Gasteiger partial charge in [0, 0.05) is 37.6 Å². The van der Waals surface area contributed by atoms with E-state index < -0.39 is 0 Å². The monoisotopic (exact) mass is 373 g/mol. The molecular formula is C22H23N5O. The number of benzene rings is 2. The van der Waals surface area contributed by atoms with E-state index >= 15 is 0 Å². The van der Waals surface area contributed by atoms with Crippen molar-refractivity contribution in [2.75, 3.05) is 32.0 Å². The number of anilines is 1. The molecule has 1 aliphatic heterocycles. The highest BCUT2D eigenvalue weighted by Crippen LogP contribution is 2.23. The fourth-order valence-electron chi connectivity index (χ4n) is 3.90. The van der Waals surface area contributed by atoms with Crippen LogP contribution in [0.4, 0.5) is 5.95 Å². The summed E-state index contributed by atoms with van der Waals surface area (Å²) in [5.41, 5.74) is 11.6. The number of imidazole rings is 1. The van der Waals surface area contributed by atoms with Crippen LogP contribution in [0.3, 0.4) is 0 Å². The predicted octanol–water partition coefficient (Wildman–Crippen LogP) is 2.89. The summed E-state index contributed by atoms with van der Waals surface area (Å²) in [6.45, 7) is 4.54. The number of ether oxygens (including phenoxy) is 1. The van der Waals surface area contributed by atoms with Crippen molar-refractivity contribution in [3.8, 4) is 0 Å². The van der Waals surface area contributed by atoms with Crippen LogP contribution in [-0.2, 0) is 17.7 Å². The third kappa shape index (κ3) is 3.21. The number of nitrogens with zero attached hydrogens (tertiary/aromatic N) is 4. The minimum absolute atomic E-state index is 0.467. The smallest absolute Gasteiger partial charge is 0.206 e. The second kappa shape index (κ2) is 7.22. The molecule has 5 rings (SSSR count). The van der Waals surface area contributed by atoms with Crippen molar-refractivity contribution in [3.05, 3.63) is 71.5 Å². The first-order valence-corrected chi connectivity index (χ1v) is 9.67. The molecule has 2 aromatic carbocycles. The maximum atomic E-state index is 6.18. The fraction of sp³-hybridized carbons (Fsp3) is 0.273. The van der Waals surface area contributed by atoms with Crippen LogP contribution in [0, 0.1) is 0 Å². The first-order valence-electron chi connectivity index (χ1n) is 9.67. The summed E-state index contributed by atoms with van der Waals surface area (Å²) >= 11 is 0. The first kappa shape index (κ1) is 17.2. The van der Waals surface area contributed by atoms with E-state index in [0.29, 0.717) is 5.95 Å². The maximum absolute atomic E-state index is 6.18. The van der Waals surface area contributed by atoms with Gasteiger partial charge in [0.05, 0.1) is 24.4 Å². The van der Waals surface area contributed by atoms with Crippen LogP contribution in [-0.4, -0.2) is 45.6 Å². The average molecular weight is 373 g/mol. The molecule has 0 saturated carbocycles. The molecule has 1 fully saturated rings. The van der Waals surface area contributed by atoms with E-state index in [2.05, 4.69) is 34.1 Å². The Morgan fingerprint density at radius 2 is 1.68 bits per heavy atom. The summed E-state index contributed by atoms with van der Waals surface area (Å²) < 4.78 is 7.36. The Bertz CT molecular complexity index is 1130. The maximum Gasteiger partial charge on any atom is 0.206 e. The number of aromatic nitrogens is 3. The Labute approximate surface area is 163 Å². The lowest BCUT2D eigenvalue weighted by atomic mass is 10.0. The zero-order valence-electron chi connectivity index (χ0n) is 15.7. The SMILES string of the molecule is Nc1nc2ccccc2c2nc(Cc3ccccc3CN3CCOCC3)cn12. The molecule has 0 radical (unpaired) electrons. The number of morpholine rings is 1. The minimum atomic E-state index is 0.467. The van der Waals surface area contributed by atoms with Crippen LogP contribution in [0.1, 0.15) is 16.8 Å². The van der Waals surface area contributed by atoms with Gasteiger partial charge in [-0.2, -0.15) is 0 Å². The van der Waals surface area contributed by atoms with Crippen LogP contribution >= 0.6 is 0 Å². The van der Waals surface area contributed by atoms with E-state index in [0.717, 1.165) is 61.5 Å². The van der Waals surface area contributed by atoms with Crippen molar-refractivity contribution >= 4 is 22.5 Å². The summed E-state index contributed by atoms with van der Waals surface area (Å²) in [5, 5.41) is 1.02. The Kier molecular flexibility index (Phi) is 4.43. The Balaban J connectivity index is 1.49. The van der Waals surface area contributed by atoms with E-state index in [1.54, 1.807) is 0 Å². The second-order valence-corrected chi connectivity index (χ2v) is 7.25. The minimum Gasteiger partial charge on any atom is -0.379 e. The summed E-state index contributed by atoms with van der Waals surface area (Å²) in [6.07, 6.45) is 2.78. The quantitative estimate of drug-likeness (QED) is 0.596. The molecule has 0 aliphatic carbocycles. The molecule has 2 aromatic heterocycles. The number of nitrogen functional groups attached to an aromatic ring is 1. The Hall–Kier alpha value is -2.96. The van der Waals surface area contributed by atoms with Crippen molar-refractivity contribution < 1.29 is 4.74 Å². The Morgan fingerprint density at radius 1 is 0.929 bits per heavy atom. The molecular weight excluding hydrogens is 350 g/mol.